The van der Waals surface area contributed by atoms with Crippen LogP contribution in [0.4, 0.5) is 5.69 Å². The van der Waals surface area contributed by atoms with Crippen LogP contribution in [0.1, 0.15) is 24.5 Å². The second-order valence-electron chi connectivity index (χ2n) is 5.41. The van der Waals surface area contributed by atoms with Crippen LogP contribution in [0.2, 0.25) is 0 Å². The van der Waals surface area contributed by atoms with E-state index in [1.54, 1.807) is 11.7 Å². The Morgan fingerprint density at radius 1 is 1.27 bits per heavy atom. The molecule has 118 valence electrons. The minimum Gasteiger partial charge on any atom is -0.364 e. The van der Waals surface area contributed by atoms with Crippen LogP contribution in [-0.4, -0.2) is 28.2 Å². The van der Waals surface area contributed by atoms with Crippen LogP contribution in [0.25, 0.3) is 5.69 Å². The lowest BCUT2D eigenvalue weighted by molar-refractivity contribution is 0.485. The number of nitrogens with one attached hydrogen (secondary N) is 1. The Morgan fingerprint density at radius 3 is 2.45 bits per heavy atom. The van der Waals surface area contributed by atoms with Gasteiger partial charge in [0.05, 0.1) is 11.4 Å². The molecular weight excluding hydrogens is 306 g/mol. The van der Waals surface area contributed by atoms with Crippen molar-refractivity contribution in [2.24, 2.45) is 7.05 Å². The summed E-state index contributed by atoms with van der Waals surface area (Å²) >= 11 is 0. The van der Waals surface area contributed by atoms with Crippen molar-refractivity contribution in [3.8, 4) is 5.69 Å². The van der Waals surface area contributed by atoms with Crippen molar-refractivity contribution in [1.82, 2.24) is 9.36 Å². The normalized spacial score (nSPS) is 15.0. The van der Waals surface area contributed by atoms with Crippen molar-refractivity contribution in [2.75, 3.05) is 11.2 Å². The van der Waals surface area contributed by atoms with Gasteiger partial charge in [0.2, 0.25) is 0 Å². The third-order valence-electron chi connectivity index (χ3n) is 3.71. The predicted molar refractivity (Wildman–Crippen MR) is 83.0 cm³/mol. The van der Waals surface area contributed by atoms with E-state index in [4.69, 9.17) is 4.55 Å². The third kappa shape index (κ3) is 2.79. The van der Waals surface area contributed by atoms with Crippen molar-refractivity contribution < 1.29 is 13.0 Å². The molecule has 1 heterocycles. The first-order chi connectivity index (χ1) is 10.4. The van der Waals surface area contributed by atoms with Gasteiger partial charge in [-0.1, -0.05) is 18.2 Å². The van der Waals surface area contributed by atoms with Crippen molar-refractivity contribution in [1.29, 1.82) is 0 Å². The average molecular weight is 323 g/mol. The Hall–Kier alpha value is -2.06. The molecule has 0 saturated heterocycles. The molecule has 3 rings (SSSR count). The fourth-order valence-corrected chi connectivity index (χ4v) is 2.96. The van der Waals surface area contributed by atoms with Crippen molar-refractivity contribution in [2.45, 2.75) is 18.8 Å². The SMILES string of the molecule is Cn1c(C2CC2)c(NCS(=O)(=O)O)c(=O)n1-c1ccccc1. The number of aromatic nitrogens is 2. The highest BCUT2D eigenvalue weighted by Gasteiger charge is 2.33. The molecular formula is C14H17N3O4S. The van der Waals surface area contributed by atoms with Gasteiger partial charge in [-0.05, 0) is 25.0 Å². The quantitative estimate of drug-likeness (QED) is 0.809. The molecule has 0 amide bonds. The zero-order valence-electron chi connectivity index (χ0n) is 12.1. The van der Waals surface area contributed by atoms with Crippen LogP contribution in [0.15, 0.2) is 35.1 Å². The smallest absolute Gasteiger partial charge is 0.295 e. The van der Waals surface area contributed by atoms with Gasteiger partial charge in [-0.2, -0.15) is 8.42 Å². The number of para-hydroxylation sites is 1. The van der Waals surface area contributed by atoms with Gasteiger partial charge < -0.3 is 5.32 Å². The van der Waals surface area contributed by atoms with Crippen LogP contribution in [-0.2, 0) is 17.2 Å². The van der Waals surface area contributed by atoms with Gasteiger partial charge in [-0.15, -0.1) is 0 Å². The summed E-state index contributed by atoms with van der Waals surface area (Å²) in [5.74, 6) is -0.438. The molecule has 1 fully saturated rings. The first kappa shape index (κ1) is 14.9. The Morgan fingerprint density at radius 2 is 1.91 bits per heavy atom. The summed E-state index contributed by atoms with van der Waals surface area (Å²) in [5.41, 5.74) is 1.40. The van der Waals surface area contributed by atoms with Crippen LogP contribution >= 0.6 is 0 Å². The van der Waals surface area contributed by atoms with Crippen molar-refractivity contribution in [3.05, 3.63) is 46.4 Å². The Bertz CT molecular complexity index is 848. The molecule has 8 heteroatoms. The molecule has 1 aromatic carbocycles. The Balaban J connectivity index is 2.11. The molecule has 1 aliphatic carbocycles. The number of nitrogens with zero attached hydrogens (tertiary/aromatic N) is 2. The number of hydrogen-bond acceptors (Lipinski definition) is 4. The molecule has 22 heavy (non-hydrogen) atoms. The molecule has 0 unspecified atom stereocenters. The van der Waals surface area contributed by atoms with E-state index in [0.29, 0.717) is 5.69 Å². The maximum atomic E-state index is 12.7. The molecule has 1 aliphatic rings. The molecule has 7 nitrogen and oxygen atoms in total. The average Bonchev–Trinajstić information content (AvgIpc) is 3.24. The fourth-order valence-electron chi connectivity index (χ4n) is 2.64. The summed E-state index contributed by atoms with van der Waals surface area (Å²) in [6.07, 6.45) is 1.93. The molecule has 0 radical (unpaired) electrons. The number of anilines is 1. The first-order valence-corrected chi connectivity index (χ1v) is 8.56. The summed E-state index contributed by atoms with van der Waals surface area (Å²) in [4.78, 5) is 12.7. The maximum Gasteiger partial charge on any atom is 0.295 e. The second kappa shape index (κ2) is 5.29. The van der Waals surface area contributed by atoms with Gasteiger partial charge >= 0.3 is 0 Å². The first-order valence-electron chi connectivity index (χ1n) is 6.95. The topological polar surface area (TPSA) is 93.3 Å². The number of hydrogen-bond donors (Lipinski definition) is 2. The van der Waals surface area contributed by atoms with Crippen LogP contribution in [0.5, 0.6) is 0 Å². The Labute approximate surface area is 127 Å². The van der Waals surface area contributed by atoms with E-state index in [1.165, 1.54) is 4.68 Å². The van der Waals surface area contributed by atoms with E-state index in [2.05, 4.69) is 5.32 Å². The molecule has 1 aromatic heterocycles. The molecule has 2 N–H and O–H groups in total. The standard InChI is InChI=1S/C14H17N3O4S/c1-16-13(10-7-8-10)12(15-9-22(19,20)21)14(18)17(16)11-5-3-2-4-6-11/h2-6,10,15H,7-9H2,1H3,(H,19,20,21). The largest absolute Gasteiger partial charge is 0.364 e. The molecule has 0 aliphatic heterocycles. The van der Waals surface area contributed by atoms with E-state index in [0.717, 1.165) is 18.5 Å². The van der Waals surface area contributed by atoms with Gasteiger partial charge in [-0.3, -0.25) is 14.0 Å². The van der Waals surface area contributed by atoms with Crippen molar-refractivity contribution in [3.63, 3.8) is 0 Å². The van der Waals surface area contributed by atoms with Gasteiger partial charge in [-0.25, -0.2) is 4.68 Å². The number of rotatable bonds is 5. The third-order valence-corrected chi connectivity index (χ3v) is 4.22. The molecule has 1 saturated carbocycles. The van der Waals surface area contributed by atoms with Gasteiger partial charge in [0, 0.05) is 13.0 Å². The lowest BCUT2D eigenvalue weighted by Gasteiger charge is -2.09. The molecule has 0 bridgehead atoms. The van der Waals surface area contributed by atoms with Crippen molar-refractivity contribution >= 4 is 15.8 Å². The molecule has 2 aromatic rings. The minimum absolute atomic E-state index is 0.242. The highest BCUT2D eigenvalue weighted by atomic mass is 32.2. The predicted octanol–water partition coefficient (Wildman–Crippen LogP) is 1.31. The summed E-state index contributed by atoms with van der Waals surface area (Å²) in [7, 11) is -2.42. The second-order valence-corrected chi connectivity index (χ2v) is 6.87. The van der Waals surface area contributed by atoms with Gasteiger partial charge in [0.1, 0.15) is 11.6 Å². The Kier molecular flexibility index (Phi) is 3.57. The van der Waals surface area contributed by atoms with Crippen LogP contribution in [0.3, 0.4) is 0 Å². The maximum absolute atomic E-state index is 12.7. The lowest BCUT2D eigenvalue weighted by Crippen LogP contribution is -2.22. The lowest BCUT2D eigenvalue weighted by atomic mass is 10.2. The van der Waals surface area contributed by atoms with E-state index in [-0.39, 0.29) is 17.2 Å². The summed E-state index contributed by atoms with van der Waals surface area (Å²) in [5, 5.41) is 2.58. The molecule has 0 spiro atoms. The zero-order valence-corrected chi connectivity index (χ0v) is 12.9. The summed E-state index contributed by atoms with van der Waals surface area (Å²) in [6, 6.07) is 9.14. The monoisotopic (exact) mass is 323 g/mol. The summed E-state index contributed by atoms with van der Waals surface area (Å²) in [6.45, 7) is 0. The summed E-state index contributed by atoms with van der Waals surface area (Å²) < 4.78 is 34.1. The fraction of sp³-hybridized carbons (Fsp3) is 0.357. The van der Waals surface area contributed by atoms with E-state index >= 15 is 0 Å². The van der Waals surface area contributed by atoms with Gasteiger partial charge in [0.15, 0.2) is 0 Å². The van der Waals surface area contributed by atoms with Crippen LogP contribution in [0, 0.1) is 0 Å². The highest BCUT2D eigenvalue weighted by Crippen LogP contribution is 2.42. The van der Waals surface area contributed by atoms with E-state index in [1.807, 2.05) is 30.3 Å². The van der Waals surface area contributed by atoms with Crippen LogP contribution < -0.4 is 10.9 Å². The minimum atomic E-state index is -4.20. The molecule has 0 atom stereocenters. The van der Waals surface area contributed by atoms with E-state index in [9.17, 15) is 13.2 Å². The zero-order chi connectivity index (χ0) is 15.9. The highest BCUT2D eigenvalue weighted by molar-refractivity contribution is 7.85. The van der Waals surface area contributed by atoms with E-state index < -0.39 is 16.0 Å². The van der Waals surface area contributed by atoms with Gasteiger partial charge in [0.25, 0.3) is 15.7 Å². The number of benzene rings is 1.